The fourth-order valence-corrected chi connectivity index (χ4v) is 3.21. The van der Waals surface area contributed by atoms with Crippen LogP contribution in [0.15, 0.2) is 18.2 Å². The lowest BCUT2D eigenvalue weighted by molar-refractivity contribution is 0.111. The largest absolute Gasteiger partial charge is 0.304 e. The van der Waals surface area contributed by atoms with Gasteiger partial charge in [-0.15, -0.1) is 0 Å². The molecule has 0 radical (unpaired) electrons. The van der Waals surface area contributed by atoms with Gasteiger partial charge in [-0.25, -0.2) is 0 Å². The van der Waals surface area contributed by atoms with Gasteiger partial charge in [0.05, 0.1) is 0 Å². The second-order valence-corrected chi connectivity index (χ2v) is 5.60. The van der Waals surface area contributed by atoms with Crippen molar-refractivity contribution in [3.63, 3.8) is 0 Å². The van der Waals surface area contributed by atoms with Gasteiger partial charge in [-0.3, -0.25) is 4.90 Å². The van der Waals surface area contributed by atoms with Gasteiger partial charge in [0.2, 0.25) is 0 Å². The van der Waals surface area contributed by atoms with Gasteiger partial charge in [-0.05, 0) is 37.9 Å². The van der Waals surface area contributed by atoms with Crippen LogP contribution in [0.1, 0.15) is 29.2 Å². The van der Waals surface area contributed by atoms with Crippen molar-refractivity contribution in [1.82, 2.24) is 9.80 Å². The van der Waals surface area contributed by atoms with Gasteiger partial charge in [0.25, 0.3) is 0 Å². The van der Waals surface area contributed by atoms with Crippen molar-refractivity contribution < 1.29 is 0 Å². The number of likely N-dealkylation sites (N-methyl/N-ethyl adjacent to an activating group) is 1. The first-order valence-electron chi connectivity index (χ1n) is 6.76. The van der Waals surface area contributed by atoms with Gasteiger partial charge >= 0.3 is 0 Å². The summed E-state index contributed by atoms with van der Waals surface area (Å²) < 4.78 is 0. The fraction of sp³-hybridized carbons (Fsp3) is 0.600. The minimum Gasteiger partial charge on any atom is -0.304 e. The van der Waals surface area contributed by atoms with E-state index >= 15 is 0 Å². The molecular weight excluding hydrogens is 208 g/mol. The summed E-state index contributed by atoms with van der Waals surface area (Å²) in [5, 5.41) is 0. The molecule has 1 aliphatic carbocycles. The lowest BCUT2D eigenvalue weighted by Gasteiger charge is -2.36. The molecule has 2 nitrogen and oxygen atoms in total. The summed E-state index contributed by atoms with van der Waals surface area (Å²) in [7, 11) is 2.23. The fourth-order valence-electron chi connectivity index (χ4n) is 3.21. The normalized spacial score (nSPS) is 26.1. The Kier molecular flexibility index (Phi) is 2.93. The highest BCUT2D eigenvalue weighted by molar-refractivity contribution is 5.37. The molecule has 2 heteroatoms. The highest BCUT2D eigenvalue weighted by atomic mass is 15.3. The Morgan fingerprint density at radius 1 is 1.12 bits per heavy atom. The molecule has 0 amide bonds. The molecule has 0 aromatic heterocycles. The second kappa shape index (κ2) is 4.43. The molecule has 1 atom stereocenters. The number of piperazine rings is 1. The van der Waals surface area contributed by atoms with Crippen LogP contribution in [-0.4, -0.2) is 43.0 Å². The SMILES string of the molecule is Cc1ccc2c(c1)C(N1CCN(C)CC1)CC2. The van der Waals surface area contributed by atoms with E-state index in [1.54, 1.807) is 11.1 Å². The summed E-state index contributed by atoms with van der Waals surface area (Å²) >= 11 is 0. The standard InChI is InChI=1S/C15H22N2/c1-12-3-4-13-5-6-15(14(13)11-12)17-9-7-16(2)8-10-17/h3-4,11,15H,5-10H2,1-2H3. The van der Waals surface area contributed by atoms with Crippen LogP contribution in [0.4, 0.5) is 0 Å². The minimum atomic E-state index is 0.693. The van der Waals surface area contributed by atoms with Crippen molar-refractivity contribution in [1.29, 1.82) is 0 Å². The molecule has 0 spiro atoms. The third kappa shape index (κ3) is 2.12. The summed E-state index contributed by atoms with van der Waals surface area (Å²) in [4.78, 5) is 5.12. The molecular formula is C15H22N2. The Labute approximate surface area is 104 Å². The van der Waals surface area contributed by atoms with Gasteiger partial charge in [-0.1, -0.05) is 23.8 Å². The number of hydrogen-bond acceptors (Lipinski definition) is 2. The van der Waals surface area contributed by atoms with E-state index in [4.69, 9.17) is 0 Å². The average Bonchev–Trinajstić information content (AvgIpc) is 2.73. The molecule has 1 fully saturated rings. The number of benzene rings is 1. The average molecular weight is 230 g/mol. The quantitative estimate of drug-likeness (QED) is 0.730. The lowest BCUT2D eigenvalue weighted by Crippen LogP contribution is -2.45. The topological polar surface area (TPSA) is 6.48 Å². The summed E-state index contributed by atoms with van der Waals surface area (Å²) in [5.41, 5.74) is 4.60. The van der Waals surface area contributed by atoms with E-state index < -0.39 is 0 Å². The first-order chi connectivity index (χ1) is 8.24. The van der Waals surface area contributed by atoms with E-state index in [0.29, 0.717) is 6.04 Å². The maximum Gasteiger partial charge on any atom is 0.0355 e. The number of rotatable bonds is 1. The Hall–Kier alpha value is -0.860. The van der Waals surface area contributed by atoms with E-state index in [9.17, 15) is 0 Å². The van der Waals surface area contributed by atoms with Gasteiger partial charge in [0.15, 0.2) is 0 Å². The van der Waals surface area contributed by atoms with Gasteiger partial charge < -0.3 is 4.90 Å². The predicted molar refractivity (Wildman–Crippen MR) is 71.3 cm³/mol. The van der Waals surface area contributed by atoms with Crippen LogP contribution >= 0.6 is 0 Å². The van der Waals surface area contributed by atoms with E-state index in [0.717, 1.165) is 0 Å². The Morgan fingerprint density at radius 2 is 1.88 bits per heavy atom. The smallest absolute Gasteiger partial charge is 0.0355 e. The molecule has 1 unspecified atom stereocenters. The molecule has 0 N–H and O–H groups in total. The summed E-state index contributed by atoms with van der Waals surface area (Å²) in [6.45, 7) is 7.11. The number of fused-ring (bicyclic) bond motifs is 1. The molecule has 3 rings (SSSR count). The number of nitrogens with zero attached hydrogens (tertiary/aromatic N) is 2. The van der Waals surface area contributed by atoms with Crippen molar-refractivity contribution in [2.24, 2.45) is 0 Å². The van der Waals surface area contributed by atoms with E-state index in [1.165, 1.54) is 44.6 Å². The summed E-state index contributed by atoms with van der Waals surface area (Å²) in [6, 6.07) is 7.69. The molecule has 0 bridgehead atoms. The van der Waals surface area contributed by atoms with E-state index in [2.05, 4.69) is 42.0 Å². The van der Waals surface area contributed by atoms with Crippen molar-refractivity contribution in [2.45, 2.75) is 25.8 Å². The Bertz CT molecular complexity index is 405. The molecule has 1 aliphatic heterocycles. The van der Waals surface area contributed by atoms with Crippen molar-refractivity contribution >= 4 is 0 Å². The molecule has 1 heterocycles. The third-order valence-corrected chi connectivity index (χ3v) is 4.33. The molecule has 1 aromatic rings. The maximum atomic E-state index is 2.69. The molecule has 1 aromatic carbocycles. The van der Waals surface area contributed by atoms with Crippen molar-refractivity contribution in [3.8, 4) is 0 Å². The third-order valence-electron chi connectivity index (χ3n) is 4.33. The highest BCUT2D eigenvalue weighted by Gasteiger charge is 2.29. The lowest BCUT2D eigenvalue weighted by atomic mass is 10.0. The zero-order valence-electron chi connectivity index (χ0n) is 10.9. The van der Waals surface area contributed by atoms with E-state index in [1.807, 2.05) is 0 Å². The maximum absolute atomic E-state index is 2.69. The van der Waals surface area contributed by atoms with Crippen LogP contribution in [0.5, 0.6) is 0 Å². The zero-order chi connectivity index (χ0) is 11.8. The monoisotopic (exact) mass is 230 g/mol. The first kappa shape index (κ1) is 11.2. The van der Waals surface area contributed by atoms with Crippen LogP contribution in [0.3, 0.4) is 0 Å². The van der Waals surface area contributed by atoms with Gasteiger partial charge in [0, 0.05) is 32.2 Å². The summed E-state index contributed by atoms with van der Waals surface area (Å²) in [6.07, 6.45) is 2.59. The molecule has 92 valence electrons. The van der Waals surface area contributed by atoms with Crippen LogP contribution in [0.25, 0.3) is 0 Å². The van der Waals surface area contributed by atoms with Gasteiger partial charge in [0.1, 0.15) is 0 Å². The van der Waals surface area contributed by atoms with Crippen LogP contribution in [-0.2, 0) is 6.42 Å². The van der Waals surface area contributed by atoms with E-state index in [-0.39, 0.29) is 0 Å². The number of hydrogen-bond donors (Lipinski definition) is 0. The zero-order valence-corrected chi connectivity index (χ0v) is 10.9. The van der Waals surface area contributed by atoms with Crippen LogP contribution < -0.4 is 0 Å². The van der Waals surface area contributed by atoms with Crippen LogP contribution in [0.2, 0.25) is 0 Å². The van der Waals surface area contributed by atoms with Crippen molar-refractivity contribution in [3.05, 3.63) is 34.9 Å². The number of aryl methyl sites for hydroxylation is 2. The molecule has 17 heavy (non-hydrogen) atoms. The van der Waals surface area contributed by atoms with Crippen LogP contribution in [0, 0.1) is 6.92 Å². The highest BCUT2D eigenvalue weighted by Crippen LogP contribution is 2.36. The summed E-state index contributed by atoms with van der Waals surface area (Å²) in [5.74, 6) is 0. The predicted octanol–water partition coefficient (Wildman–Crippen LogP) is 2.23. The second-order valence-electron chi connectivity index (χ2n) is 5.60. The molecule has 2 aliphatic rings. The molecule has 1 saturated heterocycles. The minimum absolute atomic E-state index is 0.693. The Morgan fingerprint density at radius 3 is 2.65 bits per heavy atom. The first-order valence-corrected chi connectivity index (χ1v) is 6.76. The molecule has 0 saturated carbocycles. The van der Waals surface area contributed by atoms with Crippen molar-refractivity contribution in [2.75, 3.05) is 33.2 Å². The Balaban J connectivity index is 1.81. The van der Waals surface area contributed by atoms with Gasteiger partial charge in [-0.2, -0.15) is 0 Å².